The lowest BCUT2D eigenvalue weighted by molar-refractivity contribution is -0.112. The van der Waals surface area contributed by atoms with Crippen LogP contribution in [0.2, 0.25) is 0 Å². The third-order valence-corrected chi connectivity index (χ3v) is 4.07. The standard InChI is InChI=1S/C21H15N3O2/c25-16-8-6-14(7-9-16)15-12-18(17-4-1-2-10-22-17)24-19(13-15)21-20(26)5-3-11-23-21/h1-4,6-13,25H,5H2. The number of rotatable bonds is 3. The third kappa shape index (κ3) is 3.15. The van der Waals surface area contributed by atoms with Gasteiger partial charge in [-0.05, 0) is 47.5 Å². The number of aliphatic imine (C=N–C) groups is 1. The molecule has 3 aromatic rings. The van der Waals surface area contributed by atoms with Crippen molar-refractivity contribution in [2.75, 3.05) is 0 Å². The summed E-state index contributed by atoms with van der Waals surface area (Å²) in [5.74, 6) is 0.139. The van der Waals surface area contributed by atoms with Gasteiger partial charge in [0.1, 0.15) is 11.5 Å². The summed E-state index contributed by atoms with van der Waals surface area (Å²) in [4.78, 5) is 25.5. The molecule has 0 aliphatic carbocycles. The number of benzene rings is 1. The fraction of sp³-hybridized carbons (Fsp3) is 0.0476. The van der Waals surface area contributed by atoms with Gasteiger partial charge in [0.25, 0.3) is 0 Å². The van der Waals surface area contributed by atoms with E-state index in [4.69, 9.17) is 0 Å². The molecule has 0 fully saturated rings. The molecule has 0 atom stereocenters. The van der Waals surface area contributed by atoms with Crippen molar-refractivity contribution in [3.63, 3.8) is 0 Å². The monoisotopic (exact) mass is 341 g/mol. The summed E-state index contributed by atoms with van der Waals surface area (Å²) < 4.78 is 0. The number of hydrogen-bond acceptors (Lipinski definition) is 5. The van der Waals surface area contributed by atoms with Crippen LogP contribution in [0.5, 0.6) is 5.75 Å². The zero-order chi connectivity index (χ0) is 17.9. The number of ketones is 1. The van der Waals surface area contributed by atoms with Crippen LogP contribution < -0.4 is 0 Å². The van der Waals surface area contributed by atoms with Gasteiger partial charge in [0.2, 0.25) is 0 Å². The Morgan fingerprint density at radius 2 is 1.69 bits per heavy atom. The summed E-state index contributed by atoms with van der Waals surface area (Å²) in [6, 6.07) is 16.3. The lowest BCUT2D eigenvalue weighted by atomic mass is 10.00. The van der Waals surface area contributed by atoms with Gasteiger partial charge in [0.15, 0.2) is 5.78 Å². The van der Waals surface area contributed by atoms with Gasteiger partial charge in [-0.25, -0.2) is 4.98 Å². The second-order valence-corrected chi connectivity index (χ2v) is 5.88. The Kier molecular flexibility index (Phi) is 4.11. The van der Waals surface area contributed by atoms with Crippen LogP contribution in [0.3, 0.4) is 0 Å². The Balaban J connectivity index is 1.90. The number of Topliss-reactive ketones (excluding diaryl/α,β-unsaturated/α-hetero) is 1. The number of aromatic hydroxyl groups is 1. The van der Waals surface area contributed by atoms with Crippen LogP contribution in [0.15, 0.2) is 78.1 Å². The van der Waals surface area contributed by atoms with E-state index in [-0.39, 0.29) is 11.5 Å². The Labute approximate surface area is 150 Å². The molecule has 0 spiro atoms. The van der Waals surface area contributed by atoms with E-state index in [9.17, 15) is 9.90 Å². The lowest BCUT2D eigenvalue weighted by Gasteiger charge is -2.11. The zero-order valence-electron chi connectivity index (χ0n) is 13.8. The molecule has 1 N–H and O–H groups in total. The molecule has 1 aliphatic heterocycles. The molecule has 4 rings (SSSR count). The van der Waals surface area contributed by atoms with Gasteiger partial charge in [0, 0.05) is 18.8 Å². The Morgan fingerprint density at radius 3 is 2.42 bits per heavy atom. The molecule has 26 heavy (non-hydrogen) atoms. The topological polar surface area (TPSA) is 75.4 Å². The molecule has 1 aliphatic rings. The third-order valence-electron chi connectivity index (χ3n) is 4.07. The highest BCUT2D eigenvalue weighted by Gasteiger charge is 2.18. The van der Waals surface area contributed by atoms with Crippen molar-refractivity contribution in [1.29, 1.82) is 0 Å². The maximum atomic E-state index is 12.3. The lowest BCUT2D eigenvalue weighted by Crippen LogP contribution is -2.18. The summed E-state index contributed by atoms with van der Waals surface area (Å²) in [7, 11) is 0. The maximum Gasteiger partial charge on any atom is 0.187 e. The summed E-state index contributed by atoms with van der Waals surface area (Å²) >= 11 is 0. The van der Waals surface area contributed by atoms with Gasteiger partial charge in [-0.1, -0.05) is 24.3 Å². The summed E-state index contributed by atoms with van der Waals surface area (Å²) in [6.45, 7) is 0. The minimum Gasteiger partial charge on any atom is -0.508 e. The molecule has 5 heteroatoms. The first-order valence-corrected chi connectivity index (χ1v) is 8.20. The largest absolute Gasteiger partial charge is 0.508 e. The van der Waals surface area contributed by atoms with Crippen LogP contribution in [-0.2, 0) is 4.79 Å². The molecule has 0 saturated carbocycles. The van der Waals surface area contributed by atoms with Gasteiger partial charge >= 0.3 is 0 Å². The highest BCUT2D eigenvalue weighted by atomic mass is 16.3. The van der Waals surface area contributed by atoms with E-state index in [1.165, 1.54) is 0 Å². The normalized spacial score (nSPS) is 13.5. The van der Waals surface area contributed by atoms with Gasteiger partial charge in [-0.2, -0.15) is 0 Å². The van der Waals surface area contributed by atoms with Gasteiger partial charge in [-0.3, -0.25) is 14.8 Å². The summed E-state index contributed by atoms with van der Waals surface area (Å²) in [6.07, 6.45) is 5.39. The minimum atomic E-state index is -0.0603. The molecular weight excluding hydrogens is 326 g/mol. The zero-order valence-corrected chi connectivity index (χ0v) is 13.8. The molecule has 0 unspecified atom stereocenters. The van der Waals surface area contributed by atoms with E-state index in [2.05, 4.69) is 15.0 Å². The van der Waals surface area contributed by atoms with Crippen LogP contribution in [0, 0.1) is 0 Å². The molecule has 3 heterocycles. The molecule has 0 radical (unpaired) electrons. The molecule has 2 aromatic heterocycles. The van der Waals surface area contributed by atoms with E-state index < -0.39 is 0 Å². The van der Waals surface area contributed by atoms with Crippen LogP contribution in [-0.4, -0.2) is 26.6 Å². The van der Waals surface area contributed by atoms with Crippen molar-refractivity contribution >= 4 is 11.5 Å². The predicted octanol–water partition coefficient (Wildman–Crippen LogP) is 3.79. The first-order valence-electron chi connectivity index (χ1n) is 8.20. The summed E-state index contributed by atoms with van der Waals surface area (Å²) in [5.41, 5.74) is 4.03. The van der Waals surface area contributed by atoms with Crippen LogP contribution in [0.25, 0.3) is 22.5 Å². The van der Waals surface area contributed by atoms with E-state index in [0.717, 1.165) is 11.1 Å². The second kappa shape index (κ2) is 6.72. The first kappa shape index (κ1) is 15.9. The smallest absolute Gasteiger partial charge is 0.187 e. The van der Waals surface area contributed by atoms with E-state index in [0.29, 0.717) is 29.2 Å². The van der Waals surface area contributed by atoms with Crippen LogP contribution >= 0.6 is 0 Å². The molecule has 1 aromatic carbocycles. The molecule has 0 bridgehead atoms. The van der Waals surface area contributed by atoms with E-state index in [1.54, 1.807) is 30.6 Å². The van der Waals surface area contributed by atoms with E-state index in [1.807, 2.05) is 42.5 Å². The van der Waals surface area contributed by atoms with Crippen LogP contribution in [0.1, 0.15) is 12.1 Å². The fourth-order valence-corrected chi connectivity index (χ4v) is 2.78. The number of carbonyl (C=O) groups excluding carboxylic acids is 1. The number of hydrogen-bond donors (Lipinski definition) is 1. The number of allylic oxidation sites excluding steroid dienone is 1. The van der Waals surface area contributed by atoms with E-state index >= 15 is 0 Å². The quantitative estimate of drug-likeness (QED) is 0.786. The number of carbonyl (C=O) groups is 1. The Hall–Kier alpha value is -3.60. The van der Waals surface area contributed by atoms with Gasteiger partial charge in [0.05, 0.1) is 17.1 Å². The van der Waals surface area contributed by atoms with Crippen molar-refractivity contribution in [2.45, 2.75) is 6.42 Å². The van der Waals surface area contributed by atoms with Crippen molar-refractivity contribution in [1.82, 2.24) is 9.97 Å². The van der Waals surface area contributed by atoms with Crippen molar-refractivity contribution < 1.29 is 9.90 Å². The molecule has 0 saturated heterocycles. The number of aromatic nitrogens is 2. The number of pyridine rings is 2. The predicted molar refractivity (Wildman–Crippen MR) is 99.9 cm³/mol. The SMILES string of the molecule is O=C1CC=CN=C1c1cc(-c2ccc(O)cc2)cc(-c2ccccn2)n1. The summed E-state index contributed by atoms with van der Waals surface area (Å²) in [5, 5.41) is 9.54. The highest BCUT2D eigenvalue weighted by molar-refractivity contribution is 6.46. The van der Waals surface area contributed by atoms with Gasteiger partial charge in [-0.15, -0.1) is 0 Å². The number of phenols is 1. The average Bonchev–Trinajstić information content (AvgIpc) is 2.69. The van der Waals surface area contributed by atoms with Crippen molar-refractivity contribution in [2.24, 2.45) is 4.99 Å². The fourth-order valence-electron chi connectivity index (χ4n) is 2.78. The van der Waals surface area contributed by atoms with Crippen molar-refractivity contribution in [3.8, 4) is 28.3 Å². The molecule has 5 nitrogen and oxygen atoms in total. The van der Waals surface area contributed by atoms with Crippen LogP contribution in [0.4, 0.5) is 0 Å². The molecule has 126 valence electrons. The first-order chi connectivity index (χ1) is 12.7. The Morgan fingerprint density at radius 1 is 0.885 bits per heavy atom. The maximum absolute atomic E-state index is 12.3. The number of nitrogens with zero attached hydrogens (tertiary/aromatic N) is 3. The minimum absolute atomic E-state index is 0.0603. The number of phenolic OH excluding ortho intramolecular Hbond substituents is 1. The van der Waals surface area contributed by atoms with Gasteiger partial charge < -0.3 is 5.11 Å². The highest BCUT2D eigenvalue weighted by Crippen LogP contribution is 2.27. The second-order valence-electron chi connectivity index (χ2n) is 5.88. The average molecular weight is 341 g/mol. The van der Waals surface area contributed by atoms with Crippen molar-refractivity contribution in [3.05, 3.63) is 78.8 Å². The molecule has 0 amide bonds. The molecular formula is C21H15N3O2. The Bertz CT molecular complexity index is 1020.